The van der Waals surface area contributed by atoms with Crippen LogP contribution in [0.15, 0.2) is 42.5 Å². The van der Waals surface area contributed by atoms with Crippen molar-refractivity contribution in [2.24, 2.45) is 0 Å². The van der Waals surface area contributed by atoms with Crippen LogP contribution in [-0.2, 0) is 10.0 Å². The summed E-state index contributed by atoms with van der Waals surface area (Å²) in [6.45, 7) is 1.83. The lowest BCUT2D eigenvalue weighted by molar-refractivity contribution is 0.324. The molecule has 0 unspecified atom stereocenters. The Morgan fingerprint density at radius 1 is 1.20 bits per heavy atom. The summed E-state index contributed by atoms with van der Waals surface area (Å²) in [5.74, 6) is 0.808. The maximum atomic E-state index is 12.1. The van der Waals surface area contributed by atoms with Crippen molar-refractivity contribution in [1.82, 2.24) is 4.57 Å². The SMILES string of the molecule is CCCS(=O)(=O)Nc1ccc(-c2c(C#N)c3cc(OC)ccc3n2C2CCC2)cc1. The van der Waals surface area contributed by atoms with Crippen LogP contribution in [0.2, 0.25) is 0 Å². The Morgan fingerprint density at radius 2 is 1.93 bits per heavy atom. The monoisotopic (exact) mass is 423 g/mol. The molecular formula is C23H25N3O3S. The van der Waals surface area contributed by atoms with E-state index in [1.54, 1.807) is 19.2 Å². The van der Waals surface area contributed by atoms with E-state index in [4.69, 9.17) is 4.74 Å². The van der Waals surface area contributed by atoms with Crippen molar-refractivity contribution in [1.29, 1.82) is 5.26 Å². The van der Waals surface area contributed by atoms with Crippen molar-refractivity contribution in [3.63, 3.8) is 0 Å². The first kappa shape index (κ1) is 20.3. The third-order valence-electron chi connectivity index (χ3n) is 5.67. The Labute approximate surface area is 177 Å². The van der Waals surface area contributed by atoms with Crippen molar-refractivity contribution < 1.29 is 13.2 Å². The Kier molecular flexibility index (Phi) is 5.44. The van der Waals surface area contributed by atoms with Gasteiger partial charge in [0.25, 0.3) is 0 Å². The van der Waals surface area contributed by atoms with E-state index in [1.165, 1.54) is 6.42 Å². The molecule has 4 rings (SSSR count). The zero-order valence-electron chi connectivity index (χ0n) is 17.2. The maximum absolute atomic E-state index is 12.1. The number of methoxy groups -OCH3 is 1. The zero-order valence-corrected chi connectivity index (χ0v) is 18.0. The van der Waals surface area contributed by atoms with Gasteiger partial charge in [0, 0.05) is 17.1 Å². The smallest absolute Gasteiger partial charge is 0.232 e. The molecule has 1 saturated carbocycles. The molecule has 0 saturated heterocycles. The number of hydrogen-bond acceptors (Lipinski definition) is 4. The second-order valence-electron chi connectivity index (χ2n) is 7.67. The van der Waals surface area contributed by atoms with E-state index < -0.39 is 10.0 Å². The van der Waals surface area contributed by atoms with Crippen LogP contribution >= 0.6 is 0 Å². The van der Waals surface area contributed by atoms with Crippen LogP contribution in [0.5, 0.6) is 5.75 Å². The highest BCUT2D eigenvalue weighted by Crippen LogP contribution is 2.43. The Balaban J connectivity index is 1.83. The minimum atomic E-state index is -3.34. The highest BCUT2D eigenvalue weighted by Gasteiger charge is 2.28. The highest BCUT2D eigenvalue weighted by molar-refractivity contribution is 7.92. The van der Waals surface area contributed by atoms with Gasteiger partial charge in [0.2, 0.25) is 10.0 Å². The summed E-state index contributed by atoms with van der Waals surface area (Å²) in [5, 5.41) is 10.9. The first-order valence-electron chi connectivity index (χ1n) is 10.2. The molecule has 30 heavy (non-hydrogen) atoms. The lowest BCUT2D eigenvalue weighted by Crippen LogP contribution is -2.18. The number of nitrogens with one attached hydrogen (secondary N) is 1. The quantitative estimate of drug-likeness (QED) is 0.575. The molecular weight excluding hydrogens is 398 g/mol. The van der Waals surface area contributed by atoms with Gasteiger partial charge in [-0.05, 0) is 61.6 Å². The largest absolute Gasteiger partial charge is 0.497 e. The topological polar surface area (TPSA) is 84.1 Å². The second-order valence-corrected chi connectivity index (χ2v) is 9.51. The summed E-state index contributed by atoms with van der Waals surface area (Å²) in [4.78, 5) is 0. The summed E-state index contributed by atoms with van der Waals surface area (Å²) in [5.41, 5.74) is 3.95. The summed E-state index contributed by atoms with van der Waals surface area (Å²) in [6, 6.07) is 15.9. The van der Waals surface area contributed by atoms with E-state index in [-0.39, 0.29) is 5.75 Å². The van der Waals surface area contributed by atoms with E-state index in [1.807, 2.05) is 37.3 Å². The summed E-state index contributed by atoms with van der Waals surface area (Å²) in [7, 11) is -1.72. The third kappa shape index (κ3) is 3.63. The molecule has 3 aromatic rings. The van der Waals surface area contributed by atoms with Gasteiger partial charge in [-0.15, -0.1) is 0 Å². The number of benzene rings is 2. The Morgan fingerprint density at radius 3 is 2.50 bits per heavy atom. The molecule has 0 amide bonds. The van der Waals surface area contributed by atoms with Gasteiger partial charge in [0.1, 0.15) is 11.8 Å². The number of sulfonamides is 1. The minimum Gasteiger partial charge on any atom is -0.497 e. The van der Waals surface area contributed by atoms with E-state index >= 15 is 0 Å². The fourth-order valence-electron chi connectivity index (χ4n) is 4.04. The maximum Gasteiger partial charge on any atom is 0.232 e. The highest BCUT2D eigenvalue weighted by atomic mass is 32.2. The predicted molar refractivity (Wildman–Crippen MR) is 119 cm³/mol. The van der Waals surface area contributed by atoms with Gasteiger partial charge in [-0.1, -0.05) is 19.1 Å². The normalized spacial score (nSPS) is 14.3. The van der Waals surface area contributed by atoms with Gasteiger partial charge in [-0.25, -0.2) is 8.42 Å². The van der Waals surface area contributed by atoms with Crippen LogP contribution in [0.1, 0.15) is 44.2 Å². The molecule has 1 fully saturated rings. The number of anilines is 1. The summed E-state index contributed by atoms with van der Waals surface area (Å²) in [6.07, 6.45) is 3.91. The standard InChI is InChI=1S/C23H25N3O3S/c1-3-13-30(27,28)25-17-9-7-16(8-10-17)23-21(15-24)20-14-19(29-2)11-12-22(20)26(23)18-5-4-6-18/h7-12,14,18,25H,3-6,13H2,1-2H3. The Bertz CT molecular complexity index is 1220. The van der Waals surface area contributed by atoms with Crippen molar-refractivity contribution in [3.8, 4) is 23.1 Å². The van der Waals surface area contributed by atoms with Crippen LogP contribution in [0.25, 0.3) is 22.2 Å². The molecule has 7 heteroatoms. The molecule has 156 valence electrons. The van der Waals surface area contributed by atoms with E-state index in [9.17, 15) is 13.7 Å². The molecule has 0 atom stereocenters. The van der Waals surface area contributed by atoms with Gasteiger partial charge in [0.15, 0.2) is 0 Å². The van der Waals surface area contributed by atoms with Crippen molar-refractivity contribution in [2.45, 2.75) is 38.6 Å². The van der Waals surface area contributed by atoms with Crippen LogP contribution in [0.4, 0.5) is 5.69 Å². The lowest BCUT2D eigenvalue weighted by atomic mass is 9.92. The molecule has 0 spiro atoms. The summed E-state index contributed by atoms with van der Waals surface area (Å²) >= 11 is 0. The molecule has 1 heterocycles. The third-order valence-corrected chi connectivity index (χ3v) is 7.16. The van der Waals surface area contributed by atoms with Gasteiger partial charge in [-0.2, -0.15) is 5.26 Å². The van der Waals surface area contributed by atoms with Crippen LogP contribution in [0, 0.1) is 11.3 Å². The minimum absolute atomic E-state index is 0.0884. The molecule has 1 aliphatic rings. The van der Waals surface area contributed by atoms with Gasteiger partial charge in [0.05, 0.1) is 29.6 Å². The first-order chi connectivity index (χ1) is 14.5. The number of aromatic nitrogens is 1. The average Bonchev–Trinajstić information content (AvgIpc) is 3.00. The average molecular weight is 424 g/mol. The van der Waals surface area contributed by atoms with Crippen LogP contribution < -0.4 is 9.46 Å². The molecule has 2 aromatic carbocycles. The number of ether oxygens (including phenoxy) is 1. The Hall–Kier alpha value is -2.98. The van der Waals surface area contributed by atoms with Gasteiger partial charge >= 0.3 is 0 Å². The fourth-order valence-corrected chi connectivity index (χ4v) is 5.17. The van der Waals surface area contributed by atoms with Crippen molar-refractivity contribution in [2.75, 3.05) is 17.6 Å². The van der Waals surface area contributed by atoms with E-state index in [0.717, 1.165) is 40.8 Å². The molecule has 6 nitrogen and oxygen atoms in total. The van der Waals surface area contributed by atoms with E-state index in [2.05, 4.69) is 15.4 Å². The number of fused-ring (bicyclic) bond motifs is 1. The second kappa shape index (κ2) is 8.04. The predicted octanol–water partition coefficient (Wildman–Crippen LogP) is 5.07. The molecule has 1 aliphatic carbocycles. The number of nitrogens with zero attached hydrogens (tertiary/aromatic N) is 2. The fraction of sp³-hybridized carbons (Fsp3) is 0.348. The molecule has 1 aromatic heterocycles. The summed E-state index contributed by atoms with van der Waals surface area (Å²) < 4.78 is 34.4. The number of rotatable bonds is 7. The molecule has 0 radical (unpaired) electrons. The molecule has 1 N–H and O–H groups in total. The first-order valence-corrected chi connectivity index (χ1v) is 11.9. The van der Waals surface area contributed by atoms with Crippen LogP contribution in [0.3, 0.4) is 0 Å². The van der Waals surface area contributed by atoms with E-state index in [0.29, 0.717) is 23.7 Å². The van der Waals surface area contributed by atoms with Crippen LogP contribution in [-0.4, -0.2) is 25.8 Å². The van der Waals surface area contributed by atoms with Crippen molar-refractivity contribution >= 4 is 26.6 Å². The molecule has 0 bridgehead atoms. The van der Waals surface area contributed by atoms with Crippen molar-refractivity contribution in [3.05, 3.63) is 48.0 Å². The number of hydrogen-bond donors (Lipinski definition) is 1. The zero-order chi connectivity index (χ0) is 21.3. The number of nitriles is 1. The molecule has 0 aliphatic heterocycles. The van der Waals surface area contributed by atoms with Gasteiger partial charge < -0.3 is 9.30 Å². The van der Waals surface area contributed by atoms with Gasteiger partial charge in [-0.3, -0.25) is 4.72 Å². The lowest BCUT2D eigenvalue weighted by Gasteiger charge is -2.30.